The van der Waals surface area contributed by atoms with Crippen molar-refractivity contribution in [2.75, 3.05) is 0 Å². The van der Waals surface area contributed by atoms with E-state index in [0.29, 0.717) is 0 Å². The zero-order valence-electron chi connectivity index (χ0n) is 5.04. The van der Waals surface area contributed by atoms with E-state index in [-0.39, 0.29) is 0 Å². The quantitative estimate of drug-likeness (QED) is 0.502. The standard InChI is InChI=1S/C7H4FNO/c8-6-2-1-5(4-9)7(10)3-6/h1-3,5H. The van der Waals surface area contributed by atoms with Gasteiger partial charge in [0.05, 0.1) is 6.07 Å². The van der Waals surface area contributed by atoms with Gasteiger partial charge in [-0.3, -0.25) is 4.79 Å². The van der Waals surface area contributed by atoms with E-state index in [4.69, 9.17) is 5.26 Å². The van der Waals surface area contributed by atoms with Crippen molar-refractivity contribution in [1.82, 2.24) is 0 Å². The van der Waals surface area contributed by atoms with Crippen LogP contribution < -0.4 is 0 Å². The normalized spacial score (nSPS) is 23.8. The topological polar surface area (TPSA) is 40.9 Å². The maximum absolute atomic E-state index is 12.2. The lowest BCUT2D eigenvalue weighted by atomic mass is 10.0. The highest BCUT2D eigenvalue weighted by atomic mass is 19.1. The molecule has 0 N–H and O–H groups in total. The molecule has 1 aliphatic rings. The molecule has 10 heavy (non-hydrogen) atoms. The third-order valence-corrected chi connectivity index (χ3v) is 1.17. The summed E-state index contributed by atoms with van der Waals surface area (Å²) in [7, 11) is 0. The first kappa shape index (κ1) is 6.69. The molecule has 1 unspecified atom stereocenters. The molecule has 0 bridgehead atoms. The average molecular weight is 137 g/mol. The lowest BCUT2D eigenvalue weighted by Gasteiger charge is -2.01. The molecule has 0 saturated heterocycles. The van der Waals surface area contributed by atoms with Gasteiger partial charge in [0.2, 0.25) is 0 Å². The predicted molar refractivity (Wildman–Crippen MR) is 32.4 cm³/mol. The fourth-order valence-corrected chi connectivity index (χ4v) is 0.663. The van der Waals surface area contributed by atoms with E-state index in [0.717, 1.165) is 12.2 Å². The third-order valence-electron chi connectivity index (χ3n) is 1.17. The van der Waals surface area contributed by atoms with Crippen molar-refractivity contribution >= 4 is 5.78 Å². The number of carbonyl (C=O) groups is 1. The van der Waals surface area contributed by atoms with Crippen LogP contribution in [0, 0.1) is 17.2 Å². The Bertz CT molecular complexity index is 259. The van der Waals surface area contributed by atoms with Gasteiger partial charge in [-0.2, -0.15) is 5.26 Å². The van der Waals surface area contributed by atoms with Crippen molar-refractivity contribution in [1.29, 1.82) is 5.26 Å². The molecule has 50 valence electrons. The largest absolute Gasteiger partial charge is 0.293 e. The van der Waals surface area contributed by atoms with E-state index in [1.165, 1.54) is 6.08 Å². The van der Waals surface area contributed by atoms with Gasteiger partial charge in [0.1, 0.15) is 11.7 Å². The summed E-state index contributed by atoms with van der Waals surface area (Å²) in [5, 5.41) is 8.27. The van der Waals surface area contributed by atoms with Crippen molar-refractivity contribution in [3.05, 3.63) is 24.1 Å². The van der Waals surface area contributed by atoms with Crippen molar-refractivity contribution in [3.8, 4) is 6.07 Å². The number of allylic oxidation sites excluding steroid dienone is 4. The summed E-state index contributed by atoms with van der Waals surface area (Å²) < 4.78 is 12.2. The van der Waals surface area contributed by atoms with Crippen molar-refractivity contribution in [2.24, 2.45) is 5.92 Å². The van der Waals surface area contributed by atoms with Crippen LogP contribution in [0.25, 0.3) is 0 Å². The fraction of sp³-hybridized carbons (Fsp3) is 0.143. The molecule has 0 fully saturated rings. The first-order chi connectivity index (χ1) is 4.74. The molecule has 0 saturated carbocycles. The molecular formula is C7H4FNO. The molecule has 0 heterocycles. The minimum absolute atomic E-state index is 0.484. The Balaban J connectivity index is 2.87. The number of halogens is 1. The molecule has 3 heteroatoms. The van der Waals surface area contributed by atoms with E-state index >= 15 is 0 Å². The molecule has 0 spiro atoms. The second-order valence-corrected chi connectivity index (χ2v) is 1.90. The third kappa shape index (κ3) is 1.11. The van der Waals surface area contributed by atoms with Crippen LogP contribution in [0.15, 0.2) is 24.1 Å². The maximum atomic E-state index is 12.2. The molecule has 0 aliphatic heterocycles. The molecule has 1 rings (SSSR count). The highest BCUT2D eigenvalue weighted by Gasteiger charge is 2.16. The number of hydrogen-bond donors (Lipinski definition) is 0. The van der Waals surface area contributed by atoms with Gasteiger partial charge in [0, 0.05) is 6.08 Å². The van der Waals surface area contributed by atoms with Gasteiger partial charge >= 0.3 is 0 Å². The van der Waals surface area contributed by atoms with Crippen LogP contribution in [0.3, 0.4) is 0 Å². The Morgan fingerprint density at radius 2 is 2.40 bits per heavy atom. The number of ketones is 1. The van der Waals surface area contributed by atoms with Gasteiger partial charge in [-0.1, -0.05) is 6.08 Å². The van der Waals surface area contributed by atoms with Crippen LogP contribution in [-0.2, 0) is 4.79 Å². The van der Waals surface area contributed by atoms with Crippen LogP contribution >= 0.6 is 0 Å². The first-order valence-electron chi connectivity index (χ1n) is 2.73. The van der Waals surface area contributed by atoms with Gasteiger partial charge < -0.3 is 0 Å². The number of hydrogen-bond acceptors (Lipinski definition) is 2. The monoisotopic (exact) mass is 137 g/mol. The minimum Gasteiger partial charge on any atom is -0.293 e. The van der Waals surface area contributed by atoms with Crippen LogP contribution in [0.4, 0.5) is 4.39 Å². The Morgan fingerprint density at radius 3 is 2.90 bits per heavy atom. The predicted octanol–water partition coefficient (Wildman–Crippen LogP) is 1.12. The fourth-order valence-electron chi connectivity index (χ4n) is 0.663. The number of carbonyl (C=O) groups excluding carboxylic acids is 1. The highest BCUT2D eigenvalue weighted by Crippen LogP contribution is 2.12. The van der Waals surface area contributed by atoms with Gasteiger partial charge in [-0.05, 0) is 6.08 Å². The molecule has 0 aromatic rings. The number of nitrogens with zero attached hydrogens (tertiary/aromatic N) is 1. The Morgan fingerprint density at radius 1 is 1.70 bits per heavy atom. The van der Waals surface area contributed by atoms with Crippen molar-refractivity contribution in [2.45, 2.75) is 0 Å². The van der Waals surface area contributed by atoms with Crippen LogP contribution in [0.1, 0.15) is 0 Å². The maximum Gasteiger partial charge on any atom is 0.179 e. The van der Waals surface area contributed by atoms with E-state index in [1.54, 1.807) is 6.07 Å². The summed E-state index contributed by atoms with van der Waals surface area (Å²) in [5.74, 6) is -1.86. The van der Waals surface area contributed by atoms with Gasteiger partial charge in [0.25, 0.3) is 0 Å². The first-order valence-corrected chi connectivity index (χ1v) is 2.73. The number of nitriles is 1. The second kappa shape index (κ2) is 2.44. The highest BCUT2D eigenvalue weighted by molar-refractivity contribution is 5.96. The van der Waals surface area contributed by atoms with Gasteiger partial charge in [-0.15, -0.1) is 0 Å². The Kier molecular flexibility index (Phi) is 1.63. The average Bonchev–Trinajstić information content (AvgIpc) is 1.88. The van der Waals surface area contributed by atoms with E-state index < -0.39 is 17.5 Å². The number of rotatable bonds is 0. The summed E-state index contributed by atoms with van der Waals surface area (Å²) in [6, 6.07) is 1.73. The summed E-state index contributed by atoms with van der Waals surface area (Å²) in [6.07, 6.45) is 3.20. The summed E-state index contributed by atoms with van der Waals surface area (Å²) in [5.41, 5.74) is 0. The van der Waals surface area contributed by atoms with Crippen molar-refractivity contribution < 1.29 is 9.18 Å². The molecule has 0 radical (unpaired) electrons. The summed E-state index contributed by atoms with van der Waals surface area (Å²) in [6.45, 7) is 0. The van der Waals surface area contributed by atoms with Gasteiger partial charge in [0.15, 0.2) is 5.78 Å². The Hall–Kier alpha value is -1.43. The second-order valence-electron chi connectivity index (χ2n) is 1.90. The molecule has 0 amide bonds. The summed E-state index contributed by atoms with van der Waals surface area (Å²) in [4.78, 5) is 10.6. The SMILES string of the molecule is N#CC1C=CC(F)=CC1=O. The smallest absolute Gasteiger partial charge is 0.179 e. The Labute approximate surface area is 57.3 Å². The molecule has 0 aromatic heterocycles. The van der Waals surface area contributed by atoms with Crippen LogP contribution in [0.2, 0.25) is 0 Å². The zero-order valence-corrected chi connectivity index (χ0v) is 5.04. The summed E-state index contributed by atoms with van der Waals surface area (Å²) >= 11 is 0. The molecular weight excluding hydrogens is 133 g/mol. The van der Waals surface area contributed by atoms with Crippen LogP contribution in [0.5, 0.6) is 0 Å². The lowest BCUT2D eigenvalue weighted by Crippen LogP contribution is -2.09. The molecule has 1 aliphatic carbocycles. The van der Waals surface area contributed by atoms with E-state index in [1.807, 2.05) is 0 Å². The van der Waals surface area contributed by atoms with E-state index in [2.05, 4.69) is 0 Å². The van der Waals surface area contributed by atoms with E-state index in [9.17, 15) is 9.18 Å². The molecule has 0 aromatic carbocycles. The van der Waals surface area contributed by atoms with Gasteiger partial charge in [-0.25, -0.2) is 4.39 Å². The lowest BCUT2D eigenvalue weighted by molar-refractivity contribution is -0.115. The molecule has 2 nitrogen and oxygen atoms in total. The zero-order chi connectivity index (χ0) is 7.56. The van der Waals surface area contributed by atoms with Crippen LogP contribution in [-0.4, -0.2) is 5.78 Å². The van der Waals surface area contributed by atoms with Crippen molar-refractivity contribution in [3.63, 3.8) is 0 Å². The minimum atomic E-state index is -0.792. The molecule has 1 atom stereocenters.